The van der Waals surface area contributed by atoms with Crippen LogP contribution in [0.25, 0.3) is 0 Å². The largest absolute Gasteiger partial charge is 0.476 e. The van der Waals surface area contributed by atoms with Crippen LogP contribution in [0.15, 0.2) is 24.2 Å². The highest BCUT2D eigenvalue weighted by Crippen LogP contribution is 2.19. The lowest BCUT2D eigenvalue weighted by Gasteiger charge is -2.08. The van der Waals surface area contributed by atoms with Gasteiger partial charge in [-0.2, -0.15) is 0 Å². The van der Waals surface area contributed by atoms with Gasteiger partial charge in [0.2, 0.25) is 0 Å². The predicted molar refractivity (Wildman–Crippen MR) is 77.1 cm³/mol. The Morgan fingerprint density at radius 3 is 2.81 bits per heavy atom. The summed E-state index contributed by atoms with van der Waals surface area (Å²) in [6.07, 6.45) is 9.57. The van der Waals surface area contributed by atoms with Gasteiger partial charge in [0.05, 0.1) is 6.33 Å². The summed E-state index contributed by atoms with van der Waals surface area (Å²) in [7, 11) is 0. The summed E-state index contributed by atoms with van der Waals surface area (Å²) in [6.45, 7) is 1.55. The highest BCUT2D eigenvalue weighted by atomic mass is 16.4. The standard InChI is InChI=1S/C14H20N4O3/c19-13(20)12-9-18(10-17-12)8-7-16-14(21)15-6-5-11-3-1-2-4-11/h3,9-10H,1-2,4-8H2,(H,19,20)(H2,15,16,21). The lowest BCUT2D eigenvalue weighted by atomic mass is 10.2. The van der Waals surface area contributed by atoms with E-state index in [4.69, 9.17) is 5.11 Å². The molecular formula is C14H20N4O3. The Balaban J connectivity index is 1.58. The van der Waals surface area contributed by atoms with Crippen LogP contribution >= 0.6 is 0 Å². The predicted octanol–water partition coefficient (Wildman–Crippen LogP) is 1.38. The lowest BCUT2D eigenvalue weighted by molar-refractivity contribution is 0.0691. The Kier molecular flexibility index (Phi) is 5.36. The van der Waals surface area contributed by atoms with Crippen molar-refractivity contribution in [1.82, 2.24) is 20.2 Å². The van der Waals surface area contributed by atoms with Gasteiger partial charge in [0.15, 0.2) is 5.69 Å². The maximum atomic E-state index is 11.6. The first-order valence-electron chi connectivity index (χ1n) is 7.10. The number of urea groups is 1. The molecule has 7 heteroatoms. The number of imidazole rings is 1. The molecule has 1 aliphatic rings. The molecule has 0 saturated carbocycles. The van der Waals surface area contributed by atoms with Gasteiger partial charge < -0.3 is 20.3 Å². The molecule has 1 heterocycles. The van der Waals surface area contributed by atoms with E-state index in [1.165, 1.54) is 24.5 Å². The minimum atomic E-state index is -1.05. The number of carboxylic acids is 1. The Labute approximate surface area is 123 Å². The van der Waals surface area contributed by atoms with Crippen LogP contribution in [-0.2, 0) is 6.54 Å². The molecule has 0 radical (unpaired) electrons. The number of aromatic nitrogens is 2. The normalized spacial score (nSPS) is 13.8. The Morgan fingerprint density at radius 1 is 1.33 bits per heavy atom. The van der Waals surface area contributed by atoms with Crippen LogP contribution in [0.5, 0.6) is 0 Å². The number of carboxylic acid groups (broad SMARTS) is 1. The van der Waals surface area contributed by atoms with E-state index in [9.17, 15) is 9.59 Å². The first kappa shape index (κ1) is 15.1. The minimum absolute atomic E-state index is 0.00397. The molecule has 7 nitrogen and oxygen atoms in total. The monoisotopic (exact) mass is 292 g/mol. The minimum Gasteiger partial charge on any atom is -0.476 e. The van der Waals surface area contributed by atoms with E-state index in [-0.39, 0.29) is 11.7 Å². The SMILES string of the molecule is O=C(NCCC1=CCCC1)NCCn1cnc(C(=O)O)c1. The average molecular weight is 292 g/mol. The molecule has 1 aromatic rings. The van der Waals surface area contributed by atoms with Gasteiger partial charge in [-0.3, -0.25) is 0 Å². The van der Waals surface area contributed by atoms with Crippen molar-refractivity contribution in [2.45, 2.75) is 32.2 Å². The number of aromatic carboxylic acids is 1. The number of nitrogens with one attached hydrogen (secondary N) is 2. The summed E-state index contributed by atoms with van der Waals surface area (Å²) < 4.78 is 1.63. The molecule has 0 unspecified atom stereocenters. The van der Waals surface area contributed by atoms with Crippen molar-refractivity contribution in [2.24, 2.45) is 0 Å². The van der Waals surface area contributed by atoms with E-state index in [0.29, 0.717) is 19.6 Å². The van der Waals surface area contributed by atoms with Crippen LogP contribution in [0.3, 0.4) is 0 Å². The molecule has 1 aliphatic carbocycles. The van der Waals surface area contributed by atoms with Crippen molar-refractivity contribution in [3.8, 4) is 0 Å². The quantitative estimate of drug-likeness (QED) is 0.661. The molecule has 0 fully saturated rings. The van der Waals surface area contributed by atoms with E-state index in [1.807, 2.05) is 0 Å². The Morgan fingerprint density at radius 2 is 2.14 bits per heavy atom. The number of nitrogens with zero attached hydrogens (tertiary/aromatic N) is 2. The molecule has 1 aromatic heterocycles. The highest BCUT2D eigenvalue weighted by Gasteiger charge is 2.07. The van der Waals surface area contributed by atoms with Crippen LogP contribution in [-0.4, -0.2) is 39.7 Å². The number of rotatable bonds is 7. The summed E-state index contributed by atoms with van der Waals surface area (Å²) in [5, 5.41) is 14.3. The number of hydrogen-bond acceptors (Lipinski definition) is 3. The van der Waals surface area contributed by atoms with E-state index in [2.05, 4.69) is 21.7 Å². The van der Waals surface area contributed by atoms with Gasteiger partial charge >= 0.3 is 12.0 Å². The van der Waals surface area contributed by atoms with Crippen molar-refractivity contribution in [3.63, 3.8) is 0 Å². The second-order valence-corrected chi connectivity index (χ2v) is 4.99. The van der Waals surface area contributed by atoms with Crippen LogP contribution in [0, 0.1) is 0 Å². The van der Waals surface area contributed by atoms with E-state index < -0.39 is 5.97 Å². The van der Waals surface area contributed by atoms with E-state index in [1.54, 1.807) is 4.57 Å². The molecule has 0 aliphatic heterocycles. The van der Waals surface area contributed by atoms with Crippen LogP contribution in [0.1, 0.15) is 36.2 Å². The number of carbonyl (C=O) groups is 2. The molecule has 0 aromatic carbocycles. The first-order chi connectivity index (χ1) is 10.1. The smallest absolute Gasteiger partial charge is 0.356 e. The fraction of sp³-hybridized carbons (Fsp3) is 0.500. The second kappa shape index (κ2) is 7.47. The van der Waals surface area contributed by atoms with Gasteiger partial charge in [0, 0.05) is 25.8 Å². The number of carbonyl (C=O) groups excluding carboxylic acids is 1. The lowest BCUT2D eigenvalue weighted by Crippen LogP contribution is -2.37. The van der Waals surface area contributed by atoms with Gasteiger partial charge in [-0.1, -0.05) is 11.6 Å². The summed E-state index contributed by atoms with van der Waals surface area (Å²) in [5.41, 5.74) is 1.43. The molecule has 114 valence electrons. The molecule has 0 saturated heterocycles. The fourth-order valence-electron chi connectivity index (χ4n) is 2.25. The maximum Gasteiger partial charge on any atom is 0.356 e. The zero-order chi connectivity index (χ0) is 15.1. The molecule has 0 atom stereocenters. The second-order valence-electron chi connectivity index (χ2n) is 4.99. The molecule has 2 rings (SSSR count). The van der Waals surface area contributed by atoms with Gasteiger partial charge in [-0.15, -0.1) is 0 Å². The van der Waals surface area contributed by atoms with E-state index >= 15 is 0 Å². The Hall–Kier alpha value is -2.31. The molecule has 3 N–H and O–H groups in total. The fourth-order valence-corrected chi connectivity index (χ4v) is 2.25. The highest BCUT2D eigenvalue weighted by molar-refractivity contribution is 5.84. The van der Waals surface area contributed by atoms with Crippen molar-refractivity contribution in [3.05, 3.63) is 29.9 Å². The average Bonchev–Trinajstić information content (AvgIpc) is 3.09. The molecule has 21 heavy (non-hydrogen) atoms. The van der Waals surface area contributed by atoms with Crippen molar-refractivity contribution in [2.75, 3.05) is 13.1 Å². The molecular weight excluding hydrogens is 272 g/mol. The summed E-state index contributed by atoms with van der Waals surface area (Å²) in [6, 6.07) is -0.202. The van der Waals surface area contributed by atoms with Crippen LogP contribution in [0.2, 0.25) is 0 Å². The van der Waals surface area contributed by atoms with Gasteiger partial charge in [-0.25, -0.2) is 14.6 Å². The number of amides is 2. The third-order valence-electron chi connectivity index (χ3n) is 3.37. The summed E-state index contributed by atoms with van der Waals surface area (Å²) in [4.78, 5) is 26.0. The molecule has 0 bridgehead atoms. The van der Waals surface area contributed by atoms with Crippen LogP contribution < -0.4 is 10.6 Å². The zero-order valence-electron chi connectivity index (χ0n) is 11.8. The van der Waals surface area contributed by atoms with Crippen molar-refractivity contribution in [1.29, 1.82) is 0 Å². The number of allylic oxidation sites excluding steroid dienone is 1. The third kappa shape index (κ3) is 4.94. The third-order valence-corrected chi connectivity index (χ3v) is 3.37. The summed E-state index contributed by atoms with van der Waals surface area (Å²) >= 11 is 0. The van der Waals surface area contributed by atoms with Gasteiger partial charge in [0.25, 0.3) is 0 Å². The molecule has 2 amide bonds. The van der Waals surface area contributed by atoms with Crippen molar-refractivity contribution < 1.29 is 14.7 Å². The van der Waals surface area contributed by atoms with Gasteiger partial charge in [0.1, 0.15) is 0 Å². The zero-order valence-corrected chi connectivity index (χ0v) is 11.8. The van der Waals surface area contributed by atoms with E-state index in [0.717, 1.165) is 19.3 Å². The first-order valence-corrected chi connectivity index (χ1v) is 7.10. The topological polar surface area (TPSA) is 96.3 Å². The Bertz CT molecular complexity index is 536. The summed E-state index contributed by atoms with van der Waals surface area (Å²) in [5.74, 6) is -1.05. The van der Waals surface area contributed by atoms with Gasteiger partial charge in [-0.05, 0) is 25.7 Å². The van der Waals surface area contributed by atoms with Crippen molar-refractivity contribution >= 4 is 12.0 Å². The van der Waals surface area contributed by atoms with Crippen LogP contribution in [0.4, 0.5) is 4.79 Å². The maximum absolute atomic E-state index is 11.6. The molecule has 0 spiro atoms. The number of hydrogen-bond donors (Lipinski definition) is 3.